The highest BCUT2D eigenvalue weighted by Gasteiger charge is 1.97. The lowest BCUT2D eigenvalue weighted by Crippen LogP contribution is -2.24. The van der Waals surface area contributed by atoms with Gasteiger partial charge in [-0.15, -0.1) is 0 Å². The van der Waals surface area contributed by atoms with E-state index in [2.05, 4.69) is 24.9 Å². The lowest BCUT2D eigenvalue weighted by atomic mass is 10.4. The zero-order valence-electron chi connectivity index (χ0n) is 8.62. The number of nitrogens with one attached hydrogen (secondary N) is 1. The van der Waals surface area contributed by atoms with Crippen LogP contribution in [0.5, 0.6) is 0 Å². The van der Waals surface area contributed by atoms with Crippen molar-refractivity contribution in [1.82, 2.24) is 5.32 Å². The Bertz CT molecular complexity index is 144. The summed E-state index contributed by atoms with van der Waals surface area (Å²) in [7, 11) is 3.81. The van der Waals surface area contributed by atoms with Gasteiger partial charge in [0, 0.05) is 24.5 Å². The summed E-state index contributed by atoms with van der Waals surface area (Å²) < 4.78 is 0. The second kappa shape index (κ2) is 11.6. The number of amides is 1. The normalized spacial score (nSPS) is 10.1. The molecule has 14 heavy (non-hydrogen) atoms. The quantitative estimate of drug-likeness (QED) is 0.376. The molecule has 2 nitrogen and oxygen atoms in total. The van der Waals surface area contributed by atoms with Gasteiger partial charge in [0.15, 0.2) is 0 Å². The monoisotopic (exact) mass is 253 g/mol. The molecular weight excluding hydrogens is 234 g/mol. The first-order chi connectivity index (χ1) is 6.81. The molecule has 0 aromatic carbocycles. The topological polar surface area (TPSA) is 29.1 Å². The van der Waals surface area contributed by atoms with Gasteiger partial charge in [-0.25, -0.2) is 0 Å². The Kier molecular flexibility index (Phi) is 12.0. The predicted octanol–water partition coefficient (Wildman–Crippen LogP) is 2.60. The molecule has 1 amide bonds. The Balaban J connectivity index is 3.01. The second-order valence-corrected chi connectivity index (χ2v) is 5.97. The van der Waals surface area contributed by atoms with E-state index < -0.39 is 0 Å². The lowest BCUT2D eigenvalue weighted by molar-refractivity contribution is -0.120. The van der Waals surface area contributed by atoms with Gasteiger partial charge in [0.2, 0.25) is 5.91 Å². The van der Waals surface area contributed by atoms with Gasteiger partial charge in [0.25, 0.3) is 0 Å². The Labute approximate surface area is 100 Å². The average molecular weight is 253 g/mol. The van der Waals surface area contributed by atoms with Crippen LogP contribution in [0.2, 0.25) is 0 Å². The first-order valence-corrected chi connectivity index (χ1v) is 8.05. The summed E-state index contributed by atoms with van der Waals surface area (Å²) in [5.41, 5.74) is 0. The van der Waals surface area contributed by atoms with Gasteiger partial charge in [0.1, 0.15) is 0 Å². The number of hydrogen-bond acceptors (Lipinski definition) is 4. The highest BCUT2D eigenvalue weighted by molar-refractivity contribution is 8.76. The molecule has 0 rings (SSSR count). The number of hydrogen-bond donors (Lipinski definition) is 2. The SMILES string of the molecule is CCCSSCCCNC(=O)CCS. The zero-order valence-corrected chi connectivity index (χ0v) is 11.1. The molecule has 0 unspecified atom stereocenters. The first-order valence-electron chi connectivity index (χ1n) is 4.93. The van der Waals surface area contributed by atoms with Crippen molar-refractivity contribution < 1.29 is 4.79 Å². The highest BCUT2D eigenvalue weighted by Crippen LogP contribution is 2.21. The third-order valence-electron chi connectivity index (χ3n) is 1.44. The van der Waals surface area contributed by atoms with E-state index in [1.807, 2.05) is 21.6 Å². The second-order valence-electron chi connectivity index (χ2n) is 2.82. The molecule has 5 heteroatoms. The van der Waals surface area contributed by atoms with Crippen LogP contribution in [0.1, 0.15) is 26.2 Å². The third kappa shape index (κ3) is 10.6. The summed E-state index contributed by atoms with van der Waals surface area (Å²) in [6.45, 7) is 2.98. The van der Waals surface area contributed by atoms with Gasteiger partial charge in [-0.1, -0.05) is 28.5 Å². The van der Waals surface area contributed by atoms with Gasteiger partial charge in [-0.05, 0) is 18.6 Å². The fourth-order valence-corrected chi connectivity index (χ4v) is 3.18. The minimum atomic E-state index is 0.117. The van der Waals surface area contributed by atoms with Gasteiger partial charge < -0.3 is 5.32 Å². The van der Waals surface area contributed by atoms with Crippen molar-refractivity contribution in [3.63, 3.8) is 0 Å². The van der Waals surface area contributed by atoms with Gasteiger partial charge in [-0.2, -0.15) is 12.6 Å². The Morgan fingerprint density at radius 1 is 1.36 bits per heavy atom. The number of thiol groups is 1. The van der Waals surface area contributed by atoms with E-state index in [4.69, 9.17) is 0 Å². The molecule has 0 saturated heterocycles. The highest BCUT2D eigenvalue weighted by atomic mass is 33.1. The van der Waals surface area contributed by atoms with Gasteiger partial charge >= 0.3 is 0 Å². The van der Waals surface area contributed by atoms with E-state index in [1.165, 1.54) is 12.2 Å². The smallest absolute Gasteiger partial charge is 0.220 e. The Hall–Kier alpha value is 0.520. The largest absolute Gasteiger partial charge is 0.356 e. The molecular formula is C9H19NOS3. The zero-order chi connectivity index (χ0) is 10.6. The van der Waals surface area contributed by atoms with Gasteiger partial charge in [-0.3, -0.25) is 4.79 Å². The molecule has 0 aliphatic heterocycles. The molecule has 0 heterocycles. The van der Waals surface area contributed by atoms with E-state index in [-0.39, 0.29) is 5.91 Å². The molecule has 0 aromatic heterocycles. The first kappa shape index (κ1) is 14.5. The van der Waals surface area contributed by atoms with Crippen LogP contribution < -0.4 is 5.32 Å². The lowest BCUT2D eigenvalue weighted by Gasteiger charge is -2.03. The molecule has 0 spiro atoms. The van der Waals surface area contributed by atoms with Crippen LogP contribution in [0.4, 0.5) is 0 Å². The third-order valence-corrected chi connectivity index (χ3v) is 4.36. The van der Waals surface area contributed by atoms with Crippen molar-refractivity contribution in [3.8, 4) is 0 Å². The Morgan fingerprint density at radius 2 is 2.07 bits per heavy atom. The number of rotatable bonds is 9. The summed E-state index contributed by atoms with van der Waals surface area (Å²) in [4.78, 5) is 11.0. The number of carbonyl (C=O) groups is 1. The summed E-state index contributed by atoms with van der Waals surface area (Å²) in [6.07, 6.45) is 2.82. The van der Waals surface area contributed by atoms with Crippen molar-refractivity contribution in [3.05, 3.63) is 0 Å². The summed E-state index contributed by atoms with van der Waals surface area (Å²) >= 11 is 3.99. The maximum Gasteiger partial charge on any atom is 0.220 e. The fourth-order valence-electron chi connectivity index (χ4n) is 0.750. The Morgan fingerprint density at radius 3 is 2.71 bits per heavy atom. The average Bonchev–Trinajstić information content (AvgIpc) is 2.17. The molecule has 0 bridgehead atoms. The predicted molar refractivity (Wildman–Crippen MR) is 71.3 cm³/mol. The van der Waals surface area contributed by atoms with Crippen LogP contribution in [-0.2, 0) is 4.79 Å². The molecule has 0 saturated carbocycles. The van der Waals surface area contributed by atoms with Crippen LogP contribution in [0.3, 0.4) is 0 Å². The summed E-state index contributed by atoms with van der Waals surface area (Å²) in [5.74, 6) is 3.08. The van der Waals surface area contributed by atoms with Crippen molar-refractivity contribution in [2.24, 2.45) is 0 Å². The van der Waals surface area contributed by atoms with E-state index >= 15 is 0 Å². The molecule has 0 atom stereocenters. The molecule has 0 aromatic rings. The molecule has 0 radical (unpaired) electrons. The standard InChI is InChI=1S/C9H19NOS3/c1-2-7-13-14-8-3-5-10-9(11)4-6-12/h12H,2-8H2,1H3,(H,10,11). The maximum absolute atomic E-state index is 11.0. The van der Waals surface area contributed by atoms with Crippen molar-refractivity contribution >= 4 is 40.1 Å². The molecule has 0 aliphatic carbocycles. The van der Waals surface area contributed by atoms with Crippen molar-refractivity contribution in [1.29, 1.82) is 0 Å². The van der Waals surface area contributed by atoms with Crippen LogP contribution in [0, 0.1) is 0 Å². The summed E-state index contributed by atoms with van der Waals surface area (Å²) in [6, 6.07) is 0. The van der Waals surface area contributed by atoms with E-state index in [9.17, 15) is 4.79 Å². The summed E-state index contributed by atoms with van der Waals surface area (Å²) in [5, 5.41) is 2.86. The molecule has 0 aliphatic rings. The van der Waals surface area contributed by atoms with Crippen molar-refractivity contribution in [2.45, 2.75) is 26.2 Å². The van der Waals surface area contributed by atoms with Crippen LogP contribution >= 0.6 is 34.2 Å². The van der Waals surface area contributed by atoms with E-state index in [0.717, 1.165) is 18.7 Å². The van der Waals surface area contributed by atoms with Crippen LogP contribution in [0.25, 0.3) is 0 Å². The minimum Gasteiger partial charge on any atom is -0.356 e. The van der Waals surface area contributed by atoms with Gasteiger partial charge in [0.05, 0.1) is 0 Å². The molecule has 1 N–H and O–H groups in total. The van der Waals surface area contributed by atoms with E-state index in [1.54, 1.807) is 0 Å². The molecule has 0 fully saturated rings. The van der Waals surface area contributed by atoms with E-state index in [0.29, 0.717) is 12.2 Å². The minimum absolute atomic E-state index is 0.117. The maximum atomic E-state index is 11.0. The van der Waals surface area contributed by atoms with Crippen LogP contribution in [-0.4, -0.2) is 29.7 Å². The molecule has 84 valence electrons. The van der Waals surface area contributed by atoms with Crippen molar-refractivity contribution in [2.75, 3.05) is 23.8 Å². The van der Waals surface area contributed by atoms with Crippen LogP contribution in [0.15, 0.2) is 0 Å². The fraction of sp³-hybridized carbons (Fsp3) is 0.889. The number of carbonyl (C=O) groups excluding carboxylic acids is 1.